The predicted octanol–water partition coefficient (Wildman–Crippen LogP) is 3.40. The number of anilines is 1. The van der Waals surface area contributed by atoms with Gasteiger partial charge in [0.1, 0.15) is 0 Å². The van der Waals surface area contributed by atoms with Crippen LogP contribution < -0.4 is 15.5 Å². The molecule has 2 N–H and O–H groups in total. The summed E-state index contributed by atoms with van der Waals surface area (Å²) in [7, 11) is 1.84. The van der Waals surface area contributed by atoms with Gasteiger partial charge < -0.3 is 15.5 Å². The topological polar surface area (TPSA) is 39.7 Å². The summed E-state index contributed by atoms with van der Waals surface area (Å²) in [5.41, 5.74) is 1.33. The third-order valence-corrected chi connectivity index (χ3v) is 4.02. The first kappa shape index (κ1) is 19.8. The Balaban J connectivity index is 0.00000264. The number of nitrogens with zero attached hydrogens (tertiary/aromatic N) is 2. The molecule has 2 rings (SSSR count). The number of nitrogens with one attached hydrogen (secondary N) is 2. The molecule has 0 unspecified atom stereocenters. The maximum absolute atomic E-state index is 4.31. The third-order valence-electron chi connectivity index (χ3n) is 4.02. The fourth-order valence-corrected chi connectivity index (χ4v) is 2.75. The summed E-state index contributed by atoms with van der Waals surface area (Å²) in [5, 5.41) is 6.91. The SMILES string of the molecule is CC=CCCNC(=NC)NC1CCN(c2ccccc2)CC1.I. The standard InChI is InChI=1S/C18H28N4.HI/c1-3-4-8-13-20-18(19-2)21-16-11-14-22(15-12-16)17-9-6-5-7-10-17;/h3-7,9-10,16H,8,11-15H2,1-2H3,(H2,19,20,21);1H. The van der Waals surface area contributed by atoms with E-state index < -0.39 is 0 Å². The van der Waals surface area contributed by atoms with E-state index in [1.54, 1.807) is 0 Å². The van der Waals surface area contributed by atoms with Gasteiger partial charge in [0.25, 0.3) is 0 Å². The molecule has 0 radical (unpaired) electrons. The molecule has 23 heavy (non-hydrogen) atoms. The van der Waals surface area contributed by atoms with Gasteiger partial charge in [-0.15, -0.1) is 24.0 Å². The summed E-state index contributed by atoms with van der Waals surface area (Å²) in [6.45, 7) is 5.16. The molecule has 0 bridgehead atoms. The maximum atomic E-state index is 4.31. The Morgan fingerprint density at radius 3 is 2.57 bits per heavy atom. The van der Waals surface area contributed by atoms with Crippen LogP contribution in [-0.2, 0) is 0 Å². The zero-order chi connectivity index (χ0) is 15.6. The second-order valence-electron chi connectivity index (χ2n) is 5.60. The molecule has 1 aliphatic rings. The summed E-state index contributed by atoms with van der Waals surface area (Å²) in [6.07, 6.45) is 7.56. The van der Waals surface area contributed by atoms with Crippen molar-refractivity contribution in [1.82, 2.24) is 10.6 Å². The molecule has 0 amide bonds. The van der Waals surface area contributed by atoms with Crippen molar-refractivity contribution >= 4 is 35.6 Å². The van der Waals surface area contributed by atoms with Gasteiger partial charge in [-0.25, -0.2) is 0 Å². The molecule has 5 heteroatoms. The minimum Gasteiger partial charge on any atom is -0.371 e. The summed E-state index contributed by atoms with van der Waals surface area (Å²) >= 11 is 0. The van der Waals surface area contributed by atoms with Gasteiger partial charge in [-0.1, -0.05) is 30.4 Å². The first-order valence-corrected chi connectivity index (χ1v) is 8.22. The fourth-order valence-electron chi connectivity index (χ4n) is 2.75. The van der Waals surface area contributed by atoms with Crippen LogP contribution in [0.15, 0.2) is 47.5 Å². The Kier molecular flexibility index (Phi) is 9.75. The Bertz CT molecular complexity index is 479. The lowest BCUT2D eigenvalue weighted by Crippen LogP contribution is -2.48. The number of hydrogen-bond donors (Lipinski definition) is 2. The molecule has 1 heterocycles. The lowest BCUT2D eigenvalue weighted by atomic mass is 10.0. The summed E-state index contributed by atoms with van der Waals surface area (Å²) < 4.78 is 0. The zero-order valence-corrected chi connectivity index (χ0v) is 16.5. The van der Waals surface area contributed by atoms with Gasteiger partial charge >= 0.3 is 0 Å². The number of benzene rings is 1. The van der Waals surface area contributed by atoms with Crippen LogP contribution in [0.3, 0.4) is 0 Å². The van der Waals surface area contributed by atoms with E-state index >= 15 is 0 Å². The van der Waals surface area contributed by atoms with Gasteiger partial charge in [0.15, 0.2) is 5.96 Å². The first-order chi connectivity index (χ1) is 10.8. The number of aliphatic imine (C=N–C) groups is 1. The molecule has 1 aromatic rings. The van der Waals surface area contributed by atoms with Crippen molar-refractivity contribution < 1.29 is 0 Å². The average Bonchev–Trinajstić information content (AvgIpc) is 2.59. The smallest absolute Gasteiger partial charge is 0.191 e. The average molecular weight is 428 g/mol. The molecule has 0 aliphatic carbocycles. The summed E-state index contributed by atoms with van der Waals surface area (Å²) in [5.74, 6) is 0.919. The number of allylic oxidation sites excluding steroid dienone is 1. The zero-order valence-electron chi connectivity index (χ0n) is 14.2. The minimum absolute atomic E-state index is 0. The maximum Gasteiger partial charge on any atom is 0.191 e. The number of hydrogen-bond acceptors (Lipinski definition) is 2. The van der Waals surface area contributed by atoms with Gasteiger partial charge in [0.2, 0.25) is 0 Å². The summed E-state index contributed by atoms with van der Waals surface area (Å²) in [4.78, 5) is 6.77. The highest BCUT2D eigenvalue weighted by Crippen LogP contribution is 2.19. The molecule has 4 nitrogen and oxygen atoms in total. The van der Waals surface area contributed by atoms with Gasteiger partial charge in [0, 0.05) is 38.4 Å². The quantitative estimate of drug-likeness (QED) is 0.248. The number of rotatable bonds is 5. The van der Waals surface area contributed by atoms with Crippen LogP contribution in [0, 0.1) is 0 Å². The molecule has 128 valence electrons. The third kappa shape index (κ3) is 6.81. The van der Waals surface area contributed by atoms with Gasteiger partial charge in [-0.05, 0) is 38.3 Å². The molecule has 0 saturated carbocycles. The Hall–Kier alpha value is -1.24. The molecule has 1 aromatic carbocycles. The van der Waals surface area contributed by atoms with Crippen LogP contribution in [0.5, 0.6) is 0 Å². The molecule has 1 saturated heterocycles. The van der Waals surface area contributed by atoms with E-state index in [9.17, 15) is 0 Å². The van der Waals surface area contributed by atoms with Crippen molar-refractivity contribution in [1.29, 1.82) is 0 Å². The molecule has 0 atom stereocenters. The van der Waals surface area contributed by atoms with E-state index in [1.807, 2.05) is 14.0 Å². The second kappa shape index (κ2) is 11.3. The van der Waals surface area contributed by atoms with E-state index in [0.29, 0.717) is 6.04 Å². The van der Waals surface area contributed by atoms with Crippen LogP contribution in [0.4, 0.5) is 5.69 Å². The predicted molar refractivity (Wildman–Crippen MR) is 111 cm³/mol. The lowest BCUT2D eigenvalue weighted by molar-refractivity contribution is 0.461. The second-order valence-corrected chi connectivity index (χ2v) is 5.60. The Morgan fingerprint density at radius 1 is 1.26 bits per heavy atom. The number of guanidine groups is 1. The molecule has 0 spiro atoms. The van der Waals surface area contributed by atoms with Gasteiger partial charge in [0.05, 0.1) is 0 Å². The van der Waals surface area contributed by atoms with E-state index in [2.05, 4.69) is 63.0 Å². The van der Waals surface area contributed by atoms with Crippen molar-refractivity contribution in [3.63, 3.8) is 0 Å². The monoisotopic (exact) mass is 428 g/mol. The van der Waals surface area contributed by atoms with Crippen LogP contribution in [0.1, 0.15) is 26.2 Å². The van der Waals surface area contributed by atoms with Crippen LogP contribution in [0.2, 0.25) is 0 Å². The Labute approximate surface area is 157 Å². The highest BCUT2D eigenvalue weighted by atomic mass is 127. The van der Waals surface area contributed by atoms with Crippen LogP contribution in [-0.4, -0.2) is 38.7 Å². The van der Waals surface area contributed by atoms with Gasteiger partial charge in [-0.3, -0.25) is 4.99 Å². The molecular formula is C18H29IN4. The van der Waals surface area contributed by atoms with Crippen molar-refractivity contribution in [2.75, 3.05) is 31.6 Å². The van der Waals surface area contributed by atoms with E-state index in [0.717, 1.165) is 44.9 Å². The molecule has 0 aromatic heterocycles. The molecular weight excluding hydrogens is 399 g/mol. The van der Waals surface area contributed by atoms with Crippen molar-refractivity contribution in [3.05, 3.63) is 42.5 Å². The number of para-hydroxylation sites is 1. The minimum atomic E-state index is 0. The Morgan fingerprint density at radius 2 is 1.96 bits per heavy atom. The molecule has 1 fully saturated rings. The lowest BCUT2D eigenvalue weighted by Gasteiger charge is -2.34. The largest absolute Gasteiger partial charge is 0.371 e. The van der Waals surface area contributed by atoms with Crippen LogP contribution >= 0.6 is 24.0 Å². The van der Waals surface area contributed by atoms with E-state index in [4.69, 9.17) is 0 Å². The van der Waals surface area contributed by atoms with Crippen molar-refractivity contribution in [2.24, 2.45) is 4.99 Å². The first-order valence-electron chi connectivity index (χ1n) is 8.22. The molecule has 1 aliphatic heterocycles. The van der Waals surface area contributed by atoms with E-state index in [-0.39, 0.29) is 24.0 Å². The normalized spacial score (nSPS) is 16.3. The number of piperidine rings is 1. The fraction of sp³-hybridized carbons (Fsp3) is 0.500. The van der Waals surface area contributed by atoms with E-state index in [1.165, 1.54) is 5.69 Å². The van der Waals surface area contributed by atoms with Gasteiger partial charge in [-0.2, -0.15) is 0 Å². The highest BCUT2D eigenvalue weighted by Gasteiger charge is 2.19. The van der Waals surface area contributed by atoms with Crippen molar-refractivity contribution in [3.8, 4) is 0 Å². The van der Waals surface area contributed by atoms with Crippen LogP contribution in [0.25, 0.3) is 0 Å². The van der Waals surface area contributed by atoms with Crippen molar-refractivity contribution in [2.45, 2.75) is 32.2 Å². The summed E-state index contributed by atoms with van der Waals surface area (Å²) in [6, 6.07) is 11.2. The highest BCUT2D eigenvalue weighted by molar-refractivity contribution is 14.0. The number of halogens is 1.